The number of carbonyl (C=O) groups excluding carboxylic acids is 1. The maximum atomic E-state index is 13.6. The van der Waals surface area contributed by atoms with Crippen molar-refractivity contribution in [2.24, 2.45) is 0 Å². The van der Waals surface area contributed by atoms with Crippen LogP contribution in [-0.4, -0.2) is 33.5 Å². The Kier molecular flexibility index (Phi) is 3.83. The normalized spacial score (nSPS) is 23.3. The number of likely N-dealkylation sites (tertiary alicyclic amines) is 1. The number of halogens is 2. The summed E-state index contributed by atoms with van der Waals surface area (Å²) in [6.45, 7) is 1.82. The molecule has 2 aromatic rings. The number of aliphatic hydroxyl groups excluding tert-OH is 1. The molecule has 2 aliphatic rings. The number of aromatic nitrogens is 1. The zero-order valence-corrected chi connectivity index (χ0v) is 13.7. The summed E-state index contributed by atoms with van der Waals surface area (Å²) in [5, 5.41) is 10.0. The van der Waals surface area contributed by atoms with Crippen molar-refractivity contribution < 1.29 is 23.1 Å². The Bertz CT molecular complexity index is 832. The minimum Gasteiger partial charge on any atom is -0.435 e. The van der Waals surface area contributed by atoms with Crippen molar-refractivity contribution in [3.63, 3.8) is 0 Å². The first-order chi connectivity index (χ1) is 11.9. The molecule has 1 aromatic heterocycles. The molecule has 7 heteroatoms. The standard InChI is InChI=1S/C18H18F2N2O3/c1-9-16(25-17(21-9)10-2-3-10)18(24)22-8-12(23)7-15(22)11-4-5-13(19)14(20)6-11/h4-6,10,12,15,23H,2-3,7-8H2,1H3/t12-,15-/m1/s1. The molecule has 2 atom stereocenters. The quantitative estimate of drug-likeness (QED) is 0.926. The smallest absolute Gasteiger partial charge is 0.292 e. The van der Waals surface area contributed by atoms with Crippen molar-refractivity contribution >= 4 is 5.91 Å². The van der Waals surface area contributed by atoms with E-state index in [1.807, 2.05) is 0 Å². The Morgan fingerprint density at radius 2 is 2.08 bits per heavy atom. The van der Waals surface area contributed by atoms with Crippen molar-refractivity contribution in [1.82, 2.24) is 9.88 Å². The highest BCUT2D eigenvalue weighted by Crippen LogP contribution is 2.41. The van der Waals surface area contributed by atoms with E-state index in [9.17, 15) is 18.7 Å². The van der Waals surface area contributed by atoms with Crippen molar-refractivity contribution in [2.45, 2.75) is 44.2 Å². The molecule has 0 bridgehead atoms. The van der Waals surface area contributed by atoms with Gasteiger partial charge >= 0.3 is 0 Å². The molecule has 1 saturated carbocycles. The summed E-state index contributed by atoms with van der Waals surface area (Å²) in [6.07, 6.45) is 1.55. The predicted octanol–water partition coefficient (Wildman–Crippen LogP) is 3.09. The van der Waals surface area contributed by atoms with Gasteiger partial charge in [-0.1, -0.05) is 6.07 Å². The Labute approximate surface area is 143 Å². The number of benzene rings is 1. The summed E-state index contributed by atoms with van der Waals surface area (Å²) in [5.74, 6) is -1.29. The highest BCUT2D eigenvalue weighted by atomic mass is 19.2. The fourth-order valence-corrected chi connectivity index (χ4v) is 3.32. The van der Waals surface area contributed by atoms with Gasteiger partial charge < -0.3 is 14.4 Å². The van der Waals surface area contributed by atoms with Gasteiger partial charge in [-0.3, -0.25) is 4.79 Å². The van der Waals surface area contributed by atoms with Crippen molar-refractivity contribution in [2.75, 3.05) is 6.54 Å². The maximum Gasteiger partial charge on any atom is 0.292 e. The zero-order valence-electron chi connectivity index (χ0n) is 13.7. The molecule has 1 amide bonds. The van der Waals surface area contributed by atoms with Gasteiger partial charge in [0.15, 0.2) is 17.5 Å². The summed E-state index contributed by atoms with van der Waals surface area (Å²) in [4.78, 5) is 18.7. The van der Waals surface area contributed by atoms with Gasteiger partial charge in [-0.05, 0) is 43.9 Å². The van der Waals surface area contributed by atoms with E-state index in [0.717, 1.165) is 25.0 Å². The van der Waals surface area contributed by atoms with E-state index in [0.29, 0.717) is 17.1 Å². The summed E-state index contributed by atoms with van der Waals surface area (Å²) in [6, 6.07) is 3.00. The lowest BCUT2D eigenvalue weighted by Gasteiger charge is -2.24. The average molecular weight is 348 g/mol. The Hall–Kier alpha value is -2.28. The lowest BCUT2D eigenvalue weighted by Crippen LogP contribution is -2.32. The first-order valence-corrected chi connectivity index (χ1v) is 8.35. The van der Waals surface area contributed by atoms with Crippen LogP contribution in [0.5, 0.6) is 0 Å². The molecule has 25 heavy (non-hydrogen) atoms. The van der Waals surface area contributed by atoms with Crippen LogP contribution in [0.15, 0.2) is 22.6 Å². The lowest BCUT2D eigenvalue weighted by atomic mass is 10.0. The third kappa shape index (κ3) is 2.93. The molecule has 1 aliphatic carbocycles. The van der Waals surface area contributed by atoms with Gasteiger partial charge in [0.25, 0.3) is 5.91 Å². The average Bonchev–Trinajstić information content (AvgIpc) is 3.25. The Balaban J connectivity index is 1.64. The molecule has 1 N–H and O–H groups in total. The number of aliphatic hydroxyl groups is 1. The maximum absolute atomic E-state index is 13.6. The molecule has 2 fully saturated rings. The molecule has 0 spiro atoms. The second kappa shape index (κ2) is 5.91. The van der Waals surface area contributed by atoms with E-state index >= 15 is 0 Å². The van der Waals surface area contributed by atoms with Gasteiger partial charge in [-0.25, -0.2) is 13.8 Å². The van der Waals surface area contributed by atoms with Crippen molar-refractivity contribution in [1.29, 1.82) is 0 Å². The summed E-state index contributed by atoms with van der Waals surface area (Å²) < 4.78 is 32.4. The summed E-state index contributed by atoms with van der Waals surface area (Å²) in [7, 11) is 0. The van der Waals surface area contributed by atoms with E-state index in [2.05, 4.69) is 4.98 Å². The molecule has 5 nitrogen and oxygen atoms in total. The molecular formula is C18H18F2N2O3. The van der Waals surface area contributed by atoms with Gasteiger partial charge in [-0.15, -0.1) is 0 Å². The van der Waals surface area contributed by atoms with Crippen LogP contribution in [0.3, 0.4) is 0 Å². The van der Waals surface area contributed by atoms with Crippen LogP contribution in [0.1, 0.15) is 58.9 Å². The predicted molar refractivity (Wildman–Crippen MR) is 84.0 cm³/mol. The number of oxazole rings is 1. The summed E-state index contributed by atoms with van der Waals surface area (Å²) in [5.41, 5.74) is 0.959. The minimum atomic E-state index is -0.974. The van der Waals surface area contributed by atoms with Crippen LogP contribution in [0.4, 0.5) is 8.78 Å². The second-order valence-electron chi connectivity index (χ2n) is 6.78. The first-order valence-electron chi connectivity index (χ1n) is 8.35. The topological polar surface area (TPSA) is 66.6 Å². The SMILES string of the molecule is Cc1nc(C2CC2)oc1C(=O)N1C[C@H](O)C[C@@H]1c1ccc(F)c(F)c1. The van der Waals surface area contributed by atoms with Crippen LogP contribution < -0.4 is 0 Å². The number of hydrogen-bond donors (Lipinski definition) is 1. The van der Waals surface area contributed by atoms with E-state index in [1.54, 1.807) is 6.92 Å². The van der Waals surface area contributed by atoms with Crippen LogP contribution in [-0.2, 0) is 0 Å². The second-order valence-corrected chi connectivity index (χ2v) is 6.78. The van der Waals surface area contributed by atoms with Gasteiger partial charge in [0.1, 0.15) is 0 Å². The number of β-amino-alcohol motifs (C(OH)–C–C–N with tert-alkyl or cyclic N) is 1. The molecular weight excluding hydrogens is 330 g/mol. The van der Waals surface area contributed by atoms with Crippen molar-refractivity contribution in [3.05, 3.63) is 52.7 Å². The number of aryl methyl sites for hydroxylation is 1. The van der Waals surface area contributed by atoms with Gasteiger partial charge in [-0.2, -0.15) is 0 Å². The fraction of sp³-hybridized carbons (Fsp3) is 0.444. The number of amides is 1. The van der Waals surface area contributed by atoms with Gasteiger partial charge in [0, 0.05) is 12.5 Å². The summed E-state index contributed by atoms with van der Waals surface area (Å²) >= 11 is 0. The molecule has 4 rings (SSSR count). The van der Waals surface area contributed by atoms with Gasteiger partial charge in [0.2, 0.25) is 5.76 Å². The lowest BCUT2D eigenvalue weighted by molar-refractivity contribution is 0.0680. The van der Waals surface area contributed by atoms with E-state index in [1.165, 1.54) is 11.0 Å². The number of nitrogens with zero attached hydrogens (tertiary/aromatic N) is 2. The zero-order chi connectivity index (χ0) is 17.7. The van der Waals surface area contributed by atoms with E-state index < -0.39 is 23.8 Å². The fourth-order valence-electron chi connectivity index (χ4n) is 3.32. The number of rotatable bonds is 3. The van der Waals surface area contributed by atoms with Crippen LogP contribution in [0.25, 0.3) is 0 Å². The first kappa shape index (κ1) is 16.2. The molecule has 1 aliphatic heterocycles. The minimum absolute atomic E-state index is 0.112. The van der Waals surface area contributed by atoms with Crippen LogP contribution in [0, 0.1) is 18.6 Å². The molecule has 1 saturated heterocycles. The molecule has 132 valence electrons. The molecule has 1 aromatic carbocycles. The Morgan fingerprint density at radius 3 is 2.76 bits per heavy atom. The highest BCUT2D eigenvalue weighted by molar-refractivity contribution is 5.93. The van der Waals surface area contributed by atoms with Crippen molar-refractivity contribution in [3.8, 4) is 0 Å². The highest BCUT2D eigenvalue weighted by Gasteiger charge is 2.39. The third-order valence-electron chi connectivity index (χ3n) is 4.80. The largest absolute Gasteiger partial charge is 0.435 e. The molecule has 2 heterocycles. The van der Waals surface area contributed by atoms with Gasteiger partial charge in [0.05, 0.1) is 17.8 Å². The number of carbonyl (C=O) groups is 1. The number of hydrogen-bond acceptors (Lipinski definition) is 4. The van der Waals surface area contributed by atoms with E-state index in [-0.39, 0.29) is 30.6 Å². The monoisotopic (exact) mass is 348 g/mol. The van der Waals surface area contributed by atoms with E-state index in [4.69, 9.17) is 4.42 Å². The third-order valence-corrected chi connectivity index (χ3v) is 4.80. The molecule has 0 unspecified atom stereocenters. The van der Waals surface area contributed by atoms with Crippen LogP contribution in [0.2, 0.25) is 0 Å². The van der Waals surface area contributed by atoms with Crippen LogP contribution >= 0.6 is 0 Å². The molecule has 0 radical (unpaired) electrons. The Morgan fingerprint density at radius 1 is 1.32 bits per heavy atom.